The summed E-state index contributed by atoms with van der Waals surface area (Å²) in [6, 6.07) is 9.83. The Labute approximate surface area is 150 Å². The van der Waals surface area contributed by atoms with Gasteiger partial charge >= 0.3 is 0 Å². The van der Waals surface area contributed by atoms with E-state index in [2.05, 4.69) is 15.1 Å². The first-order chi connectivity index (χ1) is 12.6. The molecule has 0 saturated carbocycles. The molecule has 1 aliphatic heterocycles. The first-order valence-electron chi connectivity index (χ1n) is 8.38. The molecule has 1 fully saturated rings. The molecule has 1 aliphatic rings. The van der Waals surface area contributed by atoms with Crippen molar-refractivity contribution in [3.63, 3.8) is 0 Å². The second-order valence-electron chi connectivity index (χ2n) is 6.23. The molecule has 8 nitrogen and oxygen atoms in total. The van der Waals surface area contributed by atoms with Crippen molar-refractivity contribution >= 4 is 28.7 Å². The molecule has 0 N–H and O–H groups in total. The van der Waals surface area contributed by atoms with Gasteiger partial charge in [-0.1, -0.05) is 30.3 Å². The van der Waals surface area contributed by atoms with Crippen LogP contribution in [0.5, 0.6) is 0 Å². The van der Waals surface area contributed by atoms with E-state index in [1.807, 2.05) is 30.3 Å². The highest BCUT2D eigenvalue weighted by Gasteiger charge is 2.32. The van der Waals surface area contributed by atoms with Crippen LogP contribution in [-0.4, -0.2) is 56.1 Å². The van der Waals surface area contributed by atoms with Gasteiger partial charge in [-0.25, -0.2) is 9.97 Å². The van der Waals surface area contributed by atoms with Gasteiger partial charge in [0.1, 0.15) is 12.1 Å². The maximum atomic E-state index is 12.6. The number of carbonyl (C=O) groups excluding carboxylic acids is 2. The fraction of sp³-hybridized carbons (Fsp3) is 0.278. The van der Waals surface area contributed by atoms with Crippen LogP contribution in [0.1, 0.15) is 5.56 Å². The van der Waals surface area contributed by atoms with Gasteiger partial charge in [-0.15, -0.1) is 0 Å². The van der Waals surface area contributed by atoms with Crippen molar-refractivity contribution in [3.8, 4) is 0 Å². The number of fused-ring (bicyclic) bond motifs is 1. The molecule has 1 saturated heterocycles. The van der Waals surface area contributed by atoms with Gasteiger partial charge in [-0.3, -0.25) is 19.2 Å². The SMILES string of the molecule is Cn1ncc2c(N3CC(=O)N(CCc4ccccc4)C(=O)C3)ncnc21. The van der Waals surface area contributed by atoms with Gasteiger partial charge in [0.2, 0.25) is 11.8 Å². The van der Waals surface area contributed by atoms with Gasteiger partial charge in [0, 0.05) is 13.6 Å². The molecule has 0 unspecified atom stereocenters. The number of hydrogen-bond donors (Lipinski definition) is 0. The van der Waals surface area contributed by atoms with Crippen molar-refractivity contribution in [1.82, 2.24) is 24.6 Å². The molecule has 2 aromatic heterocycles. The van der Waals surface area contributed by atoms with E-state index < -0.39 is 0 Å². The number of carbonyl (C=O) groups is 2. The van der Waals surface area contributed by atoms with Gasteiger partial charge in [0.15, 0.2) is 5.65 Å². The third kappa shape index (κ3) is 2.90. The maximum Gasteiger partial charge on any atom is 0.248 e. The normalized spacial score (nSPS) is 15.1. The van der Waals surface area contributed by atoms with E-state index >= 15 is 0 Å². The Bertz CT molecular complexity index is 950. The minimum Gasteiger partial charge on any atom is -0.337 e. The molecule has 8 heteroatoms. The van der Waals surface area contributed by atoms with Crippen LogP contribution in [0.25, 0.3) is 11.0 Å². The van der Waals surface area contributed by atoms with Gasteiger partial charge in [-0.05, 0) is 12.0 Å². The predicted molar refractivity (Wildman–Crippen MR) is 95.4 cm³/mol. The molecule has 3 heterocycles. The van der Waals surface area contributed by atoms with E-state index in [4.69, 9.17) is 0 Å². The number of aryl methyl sites for hydroxylation is 1. The highest BCUT2D eigenvalue weighted by Crippen LogP contribution is 2.23. The van der Waals surface area contributed by atoms with E-state index in [0.29, 0.717) is 24.4 Å². The maximum absolute atomic E-state index is 12.6. The van der Waals surface area contributed by atoms with Crippen LogP contribution in [-0.2, 0) is 23.1 Å². The highest BCUT2D eigenvalue weighted by atomic mass is 16.2. The lowest BCUT2D eigenvalue weighted by Gasteiger charge is -2.33. The number of imide groups is 1. The first kappa shape index (κ1) is 16.2. The molecule has 2 amide bonds. The summed E-state index contributed by atoms with van der Waals surface area (Å²) in [5.41, 5.74) is 1.77. The van der Waals surface area contributed by atoms with Crippen LogP contribution in [0.2, 0.25) is 0 Å². The number of hydrogen-bond acceptors (Lipinski definition) is 6. The Kier molecular flexibility index (Phi) is 4.08. The monoisotopic (exact) mass is 350 g/mol. The summed E-state index contributed by atoms with van der Waals surface area (Å²) in [7, 11) is 1.79. The molecule has 0 atom stereocenters. The van der Waals surface area contributed by atoms with Crippen molar-refractivity contribution in [2.24, 2.45) is 7.05 Å². The average Bonchev–Trinajstić information content (AvgIpc) is 3.03. The fourth-order valence-electron chi connectivity index (χ4n) is 3.18. The first-order valence-corrected chi connectivity index (χ1v) is 8.38. The fourth-order valence-corrected chi connectivity index (χ4v) is 3.18. The number of piperazine rings is 1. The average molecular weight is 350 g/mol. The lowest BCUT2D eigenvalue weighted by Crippen LogP contribution is -2.54. The Morgan fingerprint density at radius 2 is 1.77 bits per heavy atom. The molecule has 3 aromatic rings. The summed E-state index contributed by atoms with van der Waals surface area (Å²) in [5, 5.41) is 4.90. The Morgan fingerprint density at radius 3 is 2.50 bits per heavy atom. The zero-order chi connectivity index (χ0) is 18.1. The largest absolute Gasteiger partial charge is 0.337 e. The summed E-state index contributed by atoms with van der Waals surface area (Å²) in [5.74, 6) is 0.133. The molecular weight excluding hydrogens is 332 g/mol. The molecule has 4 rings (SSSR count). The van der Waals surface area contributed by atoms with Gasteiger partial charge in [0.25, 0.3) is 0 Å². The van der Waals surface area contributed by atoms with Crippen molar-refractivity contribution < 1.29 is 9.59 Å². The quantitative estimate of drug-likeness (QED) is 0.647. The van der Waals surface area contributed by atoms with Crippen LogP contribution in [0, 0.1) is 0 Å². The molecule has 0 spiro atoms. The van der Waals surface area contributed by atoms with Crippen LogP contribution in [0.3, 0.4) is 0 Å². The minimum absolute atomic E-state index is 0.113. The van der Waals surface area contributed by atoms with Crippen LogP contribution in [0.15, 0.2) is 42.9 Å². The molecular formula is C18H18N6O2. The van der Waals surface area contributed by atoms with Crippen LogP contribution < -0.4 is 4.90 Å². The highest BCUT2D eigenvalue weighted by molar-refractivity contribution is 6.04. The zero-order valence-electron chi connectivity index (χ0n) is 14.4. The third-order valence-corrected chi connectivity index (χ3v) is 4.53. The second kappa shape index (κ2) is 6.55. The minimum atomic E-state index is -0.215. The number of benzene rings is 1. The smallest absolute Gasteiger partial charge is 0.248 e. The number of aromatic nitrogens is 4. The second-order valence-corrected chi connectivity index (χ2v) is 6.23. The van der Waals surface area contributed by atoms with Crippen molar-refractivity contribution in [3.05, 3.63) is 48.4 Å². The summed E-state index contributed by atoms with van der Waals surface area (Å²) in [4.78, 5) is 36.6. The van der Waals surface area contributed by atoms with Gasteiger partial charge < -0.3 is 4.90 Å². The van der Waals surface area contributed by atoms with E-state index in [9.17, 15) is 9.59 Å². The summed E-state index contributed by atoms with van der Waals surface area (Å²) < 4.78 is 1.64. The third-order valence-electron chi connectivity index (χ3n) is 4.53. The molecule has 132 valence electrons. The number of rotatable bonds is 4. The number of nitrogens with zero attached hydrogens (tertiary/aromatic N) is 6. The lowest BCUT2D eigenvalue weighted by atomic mass is 10.1. The van der Waals surface area contributed by atoms with E-state index in [1.165, 1.54) is 11.2 Å². The molecule has 26 heavy (non-hydrogen) atoms. The molecule has 0 aliphatic carbocycles. The zero-order valence-corrected chi connectivity index (χ0v) is 14.4. The molecule has 1 aromatic carbocycles. The van der Waals surface area contributed by atoms with E-state index in [-0.39, 0.29) is 24.9 Å². The number of amides is 2. The molecule has 0 radical (unpaired) electrons. The summed E-state index contributed by atoms with van der Waals surface area (Å²) >= 11 is 0. The van der Waals surface area contributed by atoms with Crippen LogP contribution in [0.4, 0.5) is 5.82 Å². The van der Waals surface area contributed by atoms with Gasteiger partial charge in [0.05, 0.1) is 24.7 Å². The number of anilines is 1. The van der Waals surface area contributed by atoms with Crippen LogP contribution >= 0.6 is 0 Å². The standard InChI is InChI=1S/C18H18N6O2/c1-22-17-14(9-21-22)18(20-12-19-17)23-10-15(25)24(16(26)11-23)8-7-13-5-3-2-4-6-13/h2-6,9,12H,7-8,10-11H2,1H3. The topological polar surface area (TPSA) is 84.2 Å². The molecule has 0 bridgehead atoms. The lowest BCUT2D eigenvalue weighted by molar-refractivity contribution is -0.145. The van der Waals surface area contributed by atoms with Gasteiger partial charge in [-0.2, -0.15) is 5.10 Å². The van der Waals surface area contributed by atoms with E-state index in [1.54, 1.807) is 22.8 Å². The van der Waals surface area contributed by atoms with Crippen molar-refractivity contribution in [1.29, 1.82) is 0 Å². The Balaban J connectivity index is 1.51. The Hall–Kier alpha value is -3.29. The Morgan fingerprint density at radius 1 is 1.04 bits per heavy atom. The van der Waals surface area contributed by atoms with Crippen molar-refractivity contribution in [2.75, 3.05) is 24.5 Å². The van der Waals surface area contributed by atoms with Crippen molar-refractivity contribution in [2.45, 2.75) is 6.42 Å². The van der Waals surface area contributed by atoms with E-state index in [0.717, 1.165) is 10.9 Å². The predicted octanol–water partition coefficient (Wildman–Crippen LogP) is 0.781. The summed E-state index contributed by atoms with van der Waals surface area (Å²) in [6.45, 7) is 0.616. The summed E-state index contributed by atoms with van der Waals surface area (Å²) in [6.07, 6.45) is 3.73.